The van der Waals surface area contributed by atoms with Crippen molar-refractivity contribution in [1.82, 2.24) is 0 Å². The van der Waals surface area contributed by atoms with Crippen LogP contribution in [0.25, 0.3) is 0 Å². The Morgan fingerprint density at radius 2 is 1.30 bits per heavy atom. The molecule has 9 aliphatic rings. The SMILES string of the molecule is C[C@@H]1O[C@@H](O[C@H]2[C@H](O)[C@@H](O)[C@H](OC[C@H]3O[C@@H](OC(=O)[C@]45CCC(C)(C)C[C@H]4C4=CC[C@@H]6[C@@]7(C)C[C@@H](O)[C@H](O)[C@@](C)(C=O)[C@@H]7CC[C@@]6(C)[C@]4(C)CC5)[C@H](O)[C@@H](O)[C@@H]3O)O[C@@H]2CO)[C@H](O)[C@H](O[C@@H]2OC[C@@H](O)[C@H](O)[C@H]2O)[C@H]1O. The molecular weight excluding hydrogens is 1000 g/mol. The highest BCUT2D eigenvalue weighted by Gasteiger charge is 2.71. The number of hydrogen-bond acceptors (Lipinski definition) is 23. The Bertz CT molecular complexity index is 2130. The van der Waals surface area contributed by atoms with Crippen LogP contribution in [0.3, 0.4) is 0 Å². The highest BCUT2D eigenvalue weighted by Crippen LogP contribution is 2.76. The number of aliphatic hydroxyl groups excluding tert-OH is 13. The van der Waals surface area contributed by atoms with Crippen LogP contribution in [0.2, 0.25) is 0 Å². The lowest BCUT2D eigenvalue weighted by Crippen LogP contribution is -2.68. The van der Waals surface area contributed by atoms with E-state index in [1.807, 2.05) is 0 Å². The lowest BCUT2D eigenvalue weighted by Gasteiger charge is -2.71. The summed E-state index contributed by atoms with van der Waals surface area (Å²) in [5.41, 5.74) is -2.33. The van der Waals surface area contributed by atoms with Gasteiger partial charge in [0.25, 0.3) is 0 Å². The van der Waals surface area contributed by atoms with Crippen LogP contribution in [0.5, 0.6) is 0 Å². The summed E-state index contributed by atoms with van der Waals surface area (Å²) in [5, 5.41) is 142. The number of esters is 1. The molecule has 5 aliphatic carbocycles. The van der Waals surface area contributed by atoms with E-state index in [2.05, 4.69) is 40.7 Å². The maximum absolute atomic E-state index is 15.1. The van der Waals surface area contributed by atoms with Crippen molar-refractivity contribution in [3.05, 3.63) is 11.6 Å². The predicted molar refractivity (Wildman–Crippen MR) is 257 cm³/mol. The zero-order chi connectivity index (χ0) is 55.6. The number of aldehydes is 1. The molecule has 0 radical (unpaired) electrons. The molecule has 23 heteroatoms. The lowest BCUT2D eigenvalue weighted by molar-refractivity contribution is -0.375. The van der Waals surface area contributed by atoms with Crippen molar-refractivity contribution in [3.63, 3.8) is 0 Å². The molecule has 0 unspecified atom stereocenters. The molecule has 0 spiro atoms. The molecule has 4 heterocycles. The molecule has 0 amide bonds. The molecule has 9 rings (SSSR count). The highest BCUT2D eigenvalue weighted by molar-refractivity contribution is 5.79. The van der Waals surface area contributed by atoms with Gasteiger partial charge in [-0.05, 0) is 104 Å². The Hall–Kier alpha value is -1.92. The molecular formula is C53H84O23. The Morgan fingerprint density at radius 3 is 1.99 bits per heavy atom. The average Bonchev–Trinajstić information content (AvgIpc) is 3.37. The third-order valence-electron chi connectivity index (χ3n) is 20.9. The number of hydrogen-bond donors (Lipinski definition) is 13. The summed E-state index contributed by atoms with van der Waals surface area (Å²) < 4.78 is 46.2. The molecule has 4 saturated heterocycles. The topological polar surface area (TPSA) is 371 Å². The van der Waals surface area contributed by atoms with Gasteiger partial charge in [-0.1, -0.05) is 53.2 Å². The summed E-state index contributed by atoms with van der Waals surface area (Å²) in [5.74, 6) is -0.996. The summed E-state index contributed by atoms with van der Waals surface area (Å²) in [6.07, 6.45) is -25.7. The average molecular weight is 1090 g/mol. The van der Waals surface area contributed by atoms with E-state index in [0.29, 0.717) is 51.4 Å². The Balaban J connectivity index is 0.874. The molecule has 434 valence electrons. The number of carbonyl (C=O) groups is 2. The Kier molecular flexibility index (Phi) is 16.3. The first-order valence-electron chi connectivity index (χ1n) is 27.2. The summed E-state index contributed by atoms with van der Waals surface area (Å²) in [7, 11) is 0. The maximum atomic E-state index is 15.1. The second-order valence-electron chi connectivity index (χ2n) is 25.7. The normalized spacial score (nSPS) is 55.2. The minimum atomic E-state index is -1.95. The van der Waals surface area contributed by atoms with Gasteiger partial charge in [0.05, 0.1) is 49.0 Å². The van der Waals surface area contributed by atoms with Gasteiger partial charge in [0, 0.05) is 0 Å². The monoisotopic (exact) mass is 1090 g/mol. The Morgan fingerprint density at radius 1 is 0.658 bits per heavy atom. The molecule has 0 bridgehead atoms. The maximum Gasteiger partial charge on any atom is 0.315 e. The van der Waals surface area contributed by atoms with Crippen molar-refractivity contribution in [2.75, 3.05) is 19.8 Å². The first-order valence-corrected chi connectivity index (χ1v) is 27.2. The summed E-state index contributed by atoms with van der Waals surface area (Å²) in [6, 6.07) is 0. The predicted octanol–water partition coefficient (Wildman–Crippen LogP) is -2.22. The standard InChI is InChI=1S/C53H84O23/c1-22-31(58)41(75-44-36(63)32(59)26(57)19-69-44)39(66)46(71-22)74-40-27(18-54)72-43(38(65)35(40)62)70-20-28-33(60)34(61)37(64)45(73-28)76-47(68)53-14-12-48(2,3)16-24(53)23-8-9-30-49(4)17-25(56)42(67)50(5,21-55)29(49)10-11-52(30,7)51(23,6)13-15-53/h8,21-22,24-46,54,56-67H,9-20H2,1-7H3/t22-,24-,25+,26+,27+,28+,29+,30+,31-,32-,33+,34-,35+,36+,37+,38+,39+,40+,41+,42-,43+,44-,45-,46-,49-,50-,51+,52+,53-/m0/s1. The van der Waals surface area contributed by atoms with Crippen LogP contribution in [-0.4, -0.2) is 227 Å². The molecule has 0 aromatic heterocycles. The van der Waals surface area contributed by atoms with Gasteiger partial charge < -0.3 is 109 Å². The zero-order valence-electron chi connectivity index (χ0n) is 44.4. The van der Waals surface area contributed by atoms with Crippen LogP contribution in [0, 0.1) is 50.2 Å². The van der Waals surface area contributed by atoms with Gasteiger partial charge in [0.2, 0.25) is 6.29 Å². The lowest BCUT2D eigenvalue weighted by atomic mass is 9.33. The fourth-order valence-electron chi connectivity index (χ4n) is 16.0. The van der Waals surface area contributed by atoms with Crippen LogP contribution in [0.4, 0.5) is 0 Å². The van der Waals surface area contributed by atoms with Gasteiger partial charge in [-0.3, -0.25) is 4.79 Å². The Labute approximate surface area is 442 Å². The van der Waals surface area contributed by atoms with Crippen molar-refractivity contribution >= 4 is 12.3 Å². The van der Waals surface area contributed by atoms with Crippen molar-refractivity contribution < 1.29 is 114 Å². The molecule has 0 aromatic carbocycles. The number of fused-ring (bicyclic) bond motifs is 7. The number of carbonyl (C=O) groups excluding carboxylic acids is 2. The van der Waals surface area contributed by atoms with Gasteiger partial charge in [0.15, 0.2) is 18.9 Å². The summed E-state index contributed by atoms with van der Waals surface area (Å²) in [4.78, 5) is 27.8. The number of aliphatic hydroxyl groups is 13. The van der Waals surface area contributed by atoms with E-state index in [4.69, 9.17) is 37.9 Å². The molecule has 0 aromatic rings. The quantitative estimate of drug-likeness (QED) is 0.0592. The number of rotatable bonds is 11. The van der Waals surface area contributed by atoms with E-state index in [0.717, 1.165) is 18.3 Å². The van der Waals surface area contributed by atoms with E-state index in [1.54, 1.807) is 6.92 Å². The first-order chi connectivity index (χ1) is 35.5. The molecule has 23 nitrogen and oxygen atoms in total. The zero-order valence-corrected chi connectivity index (χ0v) is 44.4. The number of ether oxygens (including phenoxy) is 8. The van der Waals surface area contributed by atoms with Gasteiger partial charge >= 0.3 is 5.97 Å². The minimum Gasteiger partial charge on any atom is -0.432 e. The summed E-state index contributed by atoms with van der Waals surface area (Å²) >= 11 is 0. The van der Waals surface area contributed by atoms with E-state index < -0.39 is 176 Å². The highest BCUT2D eigenvalue weighted by atomic mass is 16.8. The van der Waals surface area contributed by atoms with Gasteiger partial charge in [-0.2, -0.15) is 0 Å². The molecule has 4 saturated carbocycles. The van der Waals surface area contributed by atoms with E-state index in [9.17, 15) is 71.2 Å². The smallest absolute Gasteiger partial charge is 0.315 e. The van der Waals surface area contributed by atoms with Crippen molar-refractivity contribution in [3.8, 4) is 0 Å². The fourth-order valence-corrected chi connectivity index (χ4v) is 16.0. The third-order valence-corrected chi connectivity index (χ3v) is 20.9. The van der Waals surface area contributed by atoms with E-state index in [1.165, 1.54) is 6.92 Å². The van der Waals surface area contributed by atoms with Crippen LogP contribution >= 0.6 is 0 Å². The molecule has 29 atom stereocenters. The second-order valence-corrected chi connectivity index (χ2v) is 25.7. The summed E-state index contributed by atoms with van der Waals surface area (Å²) in [6.45, 7) is 12.3. The molecule has 4 aliphatic heterocycles. The fraction of sp³-hybridized carbons (Fsp3) is 0.925. The van der Waals surface area contributed by atoms with Crippen LogP contribution in [0.1, 0.15) is 106 Å². The van der Waals surface area contributed by atoms with Crippen LogP contribution in [-0.2, 0) is 47.5 Å². The van der Waals surface area contributed by atoms with E-state index >= 15 is 4.79 Å². The first kappa shape index (κ1) is 58.7. The minimum absolute atomic E-state index is 0.0595. The molecule has 8 fully saturated rings. The number of allylic oxidation sites excluding steroid dienone is 2. The van der Waals surface area contributed by atoms with E-state index in [-0.39, 0.29) is 28.6 Å². The second kappa shape index (κ2) is 21.1. The molecule has 13 N–H and O–H groups in total. The largest absolute Gasteiger partial charge is 0.432 e. The van der Waals surface area contributed by atoms with Crippen molar-refractivity contribution in [1.29, 1.82) is 0 Å². The van der Waals surface area contributed by atoms with Gasteiger partial charge in [0.1, 0.15) is 91.7 Å². The van der Waals surface area contributed by atoms with Crippen LogP contribution in [0.15, 0.2) is 11.6 Å². The van der Waals surface area contributed by atoms with Crippen LogP contribution < -0.4 is 0 Å². The van der Waals surface area contributed by atoms with Crippen molar-refractivity contribution in [2.45, 2.75) is 235 Å². The van der Waals surface area contributed by atoms with Gasteiger partial charge in [-0.25, -0.2) is 0 Å². The molecule has 76 heavy (non-hydrogen) atoms. The van der Waals surface area contributed by atoms with Crippen molar-refractivity contribution in [2.24, 2.45) is 50.2 Å². The van der Waals surface area contributed by atoms with Gasteiger partial charge in [-0.15, -0.1) is 0 Å². The third kappa shape index (κ3) is 9.38.